The van der Waals surface area contributed by atoms with Crippen LogP contribution in [0, 0.1) is 0 Å². The monoisotopic (exact) mass is 246 g/mol. The zero-order valence-corrected chi connectivity index (χ0v) is 10.8. The van der Waals surface area contributed by atoms with Crippen LogP contribution in [0.25, 0.3) is 0 Å². The van der Waals surface area contributed by atoms with Crippen molar-refractivity contribution in [2.45, 2.75) is 44.7 Å². The fourth-order valence-corrected chi connectivity index (χ4v) is 2.75. The molecule has 0 spiro atoms. The van der Waals surface area contributed by atoms with E-state index in [2.05, 4.69) is 15.7 Å². The van der Waals surface area contributed by atoms with Crippen LogP contribution in [0.4, 0.5) is 0 Å². The third-order valence-corrected chi connectivity index (χ3v) is 3.61. The molecule has 0 heterocycles. The summed E-state index contributed by atoms with van der Waals surface area (Å²) in [6.07, 6.45) is 6.48. The molecule has 2 unspecified atom stereocenters. The van der Waals surface area contributed by atoms with Crippen molar-refractivity contribution in [1.82, 2.24) is 10.7 Å². The molecule has 0 aromatic heterocycles. The summed E-state index contributed by atoms with van der Waals surface area (Å²) in [4.78, 5) is 4.51. The van der Waals surface area contributed by atoms with Gasteiger partial charge in [0.25, 0.3) is 0 Å². The lowest BCUT2D eigenvalue weighted by Gasteiger charge is -2.16. The maximum atomic E-state index is 11.0. The molecule has 1 saturated carbocycles. The van der Waals surface area contributed by atoms with Gasteiger partial charge in [-0.2, -0.15) is 0 Å². The second kappa shape index (κ2) is 6.85. The van der Waals surface area contributed by atoms with E-state index in [1.54, 1.807) is 6.26 Å². The second-order valence-electron chi connectivity index (χ2n) is 4.35. The van der Waals surface area contributed by atoms with Gasteiger partial charge in [0.15, 0.2) is 0 Å². The van der Waals surface area contributed by atoms with E-state index < -0.39 is 10.8 Å². The molecule has 0 amide bonds. The molecule has 1 fully saturated rings. The van der Waals surface area contributed by atoms with E-state index >= 15 is 0 Å². The van der Waals surface area contributed by atoms with Crippen molar-refractivity contribution >= 4 is 16.8 Å². The Labute approximate surface area is 99.7 Å². The smallest absolute Gasteiger partial charge is 0.206 e. The van der Waals surface area contributed by atoms with Gasteiger partial charge in [0.2, 0.25) is 5.96 Å². The largest absolute Gasteiger partial charge is 0.352 e. The van der Waals surface area contributed by atoms with Gasteiger partial charge in [0, 0.05) is 28.9 Å². The summed E-state index contributed by atoms with van der Waals surface area (Å²) < 4.78 is 11.0. The van der Waals surface area contributed by atoms with E-state index in [-0.39, 0.29) is 6.04 Å². The van der Waals surface area contributed by atoms with Crippen LogP contribution in [0.2, 0.25) is 0 Å². The fraction of sp³-hybridized carbons (Fsp3) is 0.900. The molecule has 16 heavy (non-hydrogen) atoms. The molecule has 0 aromatic carbocycles. The van der Waals surface area contributed by atoms with Gasteiger partial charge in [-0.25, -0.2) is 10.8 Å². The number of hydrogen-bond donors (Lipinski definition) is 3. The Morgan fingerprint density at radius 2 is 2.19 bits per heavy atom. The summed E-state index contributed by atoms with van der Waals surface area (Å²) in [6, 6.07) is 0.500. The maximum Gasteiger partial charge on any atom is 0.206 e. The molecule has 2 atom stereocenters. The molecule has 1 aliphatic rings. The number of nitrogens with one attached hydrogen (secondary N) is 2. The molecule has 5 nitrogen and oxygen atoms in total. The van der Waals surface area contributed by atoms with Crippen LogP contribution < -0.4 is 16.6 Å². The lowest BCUT2D eigenvalue weighted by Crippen LogP contribution is -2.47. The number of nitrogens with zero attached hydrogens (tertiary/aromatic N) is 1. The predicted molar refractivity (Wildman–Crippen MR) is 68.5 cm³/mol. The first kappa shape index (κ1) is 13.4. The molecular formula is C10H22N4OS. The van der Waals surface area contributed by atoms with Gasteiger partial charge in [-0.05, 0) is 19.8 Å². The zero-order valence-electron chi connectivity index (χ0n) is 10.0. The highest BCUT2D eigenvalue weighted by Gasteiger charge is 2.15. The highest BCUT2D eigenvalue weighted by Crippen LogP contribution is 2.20. The van der Waals surface area contributed by atoms with E-state index in [9.17, 15) is 4.21 Å². The maximum absolute atomic E-state index is 11.0. The Morgan fingerprint density at radius 3 is 2.69 bits per heavy atom. The molecule has 0 saturated heterocycles. The summed E-state index contributed by atoms with van der Waals surface area (Å²) in [7, 11) is -0.804. The van der Waals surface area contributed by atoms with Crippen molar-refractivity contribution in [2.75, 3.05) is 12.0 Å². The van der Waals surface area contributed by atoms with Crippen LogP contribution in [0.15, 0.2) is 4.99 Å². The van der Waals surface area contributed by atoms with E-state index in [4.69, 9.17) is 5.84 Å². The molecular weight excluding hydrogens is 224 g/mol. The van der Waals surface area contributed by atoms with E-state index in [0.29, 0.717) is 17.8 Å². The average molecular weight is 246 g/mol. The van der Waals surface area contributed by atoms with Crippen LogP contribution in [-0.4, -0.2) is 34.3 Å². The van der Waals surface area contributed by atoms with Crippen LogP contribution in [-0.2, 0) is 10.8 Å². The van der Waals surface area contributed by atoms with Crippen molar-refractivity contribution in [2.24, 2.45) is 10.8 Å². The molecule has 94 valence electrons. The number of aliphatic imine (C=N–C) groups is 1. The highest BCUT2D eigenvalue weighted by atomic mass is 32.2. The quantitative estimate of drug-likeness (QED) is 0.285. The summed E-state index contributed by atoms with van der Waals surface area (Å²) in [6.45, 7) is 1.98. The SMILES string of the molecule is CC(CS(C)=O)NC(=NC1CCCC1)NN. The van der Waals surface area contributed by atoms with E-state index in [1.807, 2.05) is 6.92 Å². The van der Waals surface area contributed by atoms with Gasteiger partial charge >= 0.3 is 0 Å². The summed E-state index contributed by atoms with van der Waals surface area (Å²) in [5, 5.41) is 3.15. The Balaban J connectivity index is 2.43. The van der Waals surface area contributed by atoms with Crippen molar-refractivity contribution in [3.05, 3.63) is 0 Å². The van der Waals surface area contributed by atoms with Gasteiger partial charge in [-0.15, -0.1) is 0 Å². The first-order valence-corrected chi connectivity index (χ1v) is 7.45. The van der Waals surface area contributed by atoms with Crippen molar-refractivity contribution in [1.29, 1.82) is 0 Å². The van der Waals surface area contributed by atoms with Crippen LogP contribution in [0.3, 0.4) is 0 Å². The topological polar surface area (TPSA) is 79.5 Å². The molecule has 0 aliphatic heterocycles. The van der Waals surface area contributed by atoms with E-state index in [1.165, 1.54) is 12.8 Å². The molecule has 1 rings (SSSR count). The van der Waals surface area contributed by atoms with Crippen molar-refractivity contribution < 1.29 is 4.21 Å². The lowest BCUT2D eigenvalue weighted by atomic mass is 10.3. The van der Waals surface area contributed by atoms with Gasteiger partial charge < -0.3 is 5.32 Å². The Bertz CT molecular complexity index is 264. The minimum absolute atomic E-state index is 0.113. The molecule has 1 aliphatic carbocycles. The van der Waals surface area contributed by atoms with Crippen LogP contribution in [0.1, 0.15) is 32.6 Å². The summed E-state index contributed by atoms with van der Waals surface area (Å²) in [5.41, 5.74) is 2.57. The minimum Gasteiger partial charge on any atom is -0.352 e. The van der Waals surface area contributed by atoms with Crippen molar-refractivity contribution in [3.63, 3.8) is 0 Å². The van der Waals surface area contributed by atoms with Gasteiger partial charge in [0.05, 0.1) is 6.04 Å². The standard InChI is InChI=1S/C10H22N4OS/c1-8(7-16(2)15)12-10(14-11)13-9-5-3-4-6-9/h8-9H,3-7,11H2,1-2H3,(H2,12,13,14). The normalized spacial score (nSPS) is 21.8. The van der Waals surface area contributed by atoms with Gasteiger partial charge in [-0.3, -0.25) is 9.63 Å². The van der Waals surface area contributed by atoms with Crippen molar-refractivity contribution in [3.8, 4) is 0 Å². The molecule has 6 heteroatoms. The minimum atomic E-state index is -0.804. The van der Waals surface area contributed by atoms with Gasteiger partial charge in [0.1, 0.15) is 0 Å². The molecule has 0 radical (unpaired) electrons. The zero-order chi connectivity index (χ0) is 12.0. The second-order valence-corrected chi connectivity index (χ2v) is 5.83. The number of hydrogen-bond acceptors (Lipinski definition) is 3. The lowest BCUT2D eigenvalue weighted by molar-refractivity contribution is 0.651. The Morgan fingerprint density at radius 1 is 1.56 bits per heavy atom. The van der Waals surface area contributed by atoms with E-state index in [0.717, 1.165) is 12.8 Å². The van der Waals surface area contributed by atoms with Crippen LogP contribution >= 0.6 is 0 Å². The molecule has 0 bridgehead atoms. The average Bonchev–Trinajstić information content (AvgIpc) is 2.68. The fourth-order valence-electron chi connectivity index (χ4n) is 1.96. The number of guanidine groups is 1. The predicted octanol–water partition coefficient (Wildman–Crippen LogP) is 0.105. The Hall–Kier alpha value is -0.620. The summed E-state index contributed by atoms with van der Waals surface area (Å²) in [5.74, 6) is 6.63. The molecule has 4 N–H and O–H groups in total. The third kappa shape index (κ3) is 4.94. The highest BCUT2D eigenvalue weighted by molar-refractivity contribution is 7.84. The number of hydrazine groups is 1. The molecule has 0 aromatic rings. The third-order valence-electron chi connectivity index (χ3n) is 2.64. The number of rotatable bonds is 4. The summed E-state index contributed by atoms with van der Waals surface area (Å²) >= 11 is 0. The van der Waals surface area contributed by atoms with Gasteiger partial charge in [-0.1, -0.05) is 12.8 Å². The first-order chi connectivity index (χ1) is 7.61. The first-order valence-electron chi connectivity index (χ1n) is 5.72. The number of nitrogens with two attached hydrogens (primary N) is 1. The van der Waals surface area contributed by atoms with Crippen LogP contribution in [0.5, 0.6) is 0 Å². The Kier molecular flexibility index (Phi) is 5.76.